The fourth-order valence-electron chi connectivity index (χ4n) is 0.756. The fourth-order valence-corrected chi connectivity index (χ4v) is 0.756. The van der Waals surface area contributed by atoms with E-state index in [0.717, 1.165) is 12.8 Å². The third-order valence-corrected chi connectivity index (χ3v) is 1.72. The van der Waals surface area contributed by atoms with Crippen molar-refractivity contribution in [2.75, 3.05) is 6.61 Å². The summed E-state index contributed by atoms with van der Waals surface area (Å²) in [6.07, 6.45) is 1.98. The number of aliphatic hydroxyl groups is 1. The second-order valence-electron chi connectivity index (χ2n) is 3.25. The summed E-state index contributed by atoms with van der Waals surface area (Å²) < 4.78 is 4.51. The van der Waals surface area contributed by atoms with Crippen molar-refractivity contribution in [1.29, 1.82) is 0 Å². The maximum absolute atomic E-state index is 10.5. The van der Waals surface area contributed by atoms with E-state index in [9.17, 15) is 9.59 Å². The molecule has 0 radical (unpaired) electrons. The summed E-state index contributed by atoms with van der Waals surface area (Å²) in [5.41, 5.74) is 4.84. The van der Waals surface area contributed by atoms with Crippen LogP contribution in [0.3, 0.4) is 0 Å². The van der Waals surface area contributed by atoms with Gasteiger partial charge in [0.25, 0.3) is 0 Å². The van der Waals surface area contributed by atoms with Crippen LogP contribution in [0, 0.1) is 0 Å². The zero-order chi connectivity index (χ0) is 13.0. The molecule has 0 spiro atoms. The van der Waals surface area contributed by atoms with Crippen LogP contribution in [0.15, 0.2) is 0 Å². The number of amides is 1. The Morgan fingerprint density at radius 1 is 1.31 bits per heavy atom. The summed E-state index contributed by atoms with van der Waals surface area (Å²) in [5.74, 6) is -0.721. The Kier molecular flexibility index (Phi) is 12.9. The third-order valence-electron chi connectivity index (χ3n) is 1.72. The van der Waals surface area contributed by atoms with Crippen LogP contribution in [-0.2, 0) is 14.3 Å². The van der Waals surface area contributed by atoms with E-state index in [1.54, 1.807) is 13.8 Å². The van der Waals surface area contributed by atoms with Gasteiger partial charge in [0.1, 0.15) is 0 Å². The molecule has 0 saturated heterocycles. The van der Waals surface area contributed by atoms with Crippen LogP contribution in [0.5, 0.6) is 0 Å². The van der Waals surface area contributed by atoms with Crippen LogP contribution in [0.4, 0.5) is 0 Å². The molecular formula is C11H23NO4. The summed E-state index contributed by atoms with van der Waals surface area (Å²) in [7, 11) is 0. The zero-order valence-corrected chi connectivity index (χ0v) is 10.4. The van der Waals surface area contributed by atoms with Crippen molar-refractivity contribution in [1.82, 2.24) is 0 Å². The van der Waals surface area contributed by atoms with E-state index in [1.807, 2.05) is 6.92 Å². The molecule has 3 N–H and O–H groups in total. The molecule has 0 aromatic rings. The summed E-state index contributed by atoms with van der Waals surface area (Å²) in [6.45, 7) is 5.79. The predicted molar refractivity (Wildman–Crippen MR) is 61.7 cm³/mol. The topological polar surface area (TPSA) is 89.6 Å². The maximum Gasteiger partial charge on any atom is 0.334 e. The molecule has 16 heavy (non-hydrogen) atoms. The molecule has 5 nitrogen and oxygen atoms in total. The van der Waals surface area contributed by atoms with Crippen LogP contribution in [0.25, 0.3) is 0 Å². The molecule has 0 rings (SSSR count). The molecule has 0 aromatic carbocycles. The number of ether oxygens (including phenoxy) is 1. The minimum Gasteiger partial charge on any atom is -0.464 e. The molecule has 0 aliphatic rings. The molecule has 0 heterocycles. The number of carbonyl (C=O) groups excluding carboxylic acids is 2. The second-order valence-corrected chi connectivity index (χ2v) is 3.25. The normalized spacial score (nSPS) is 11.0. The molecular weight excluding hydrogens is 210 g/mol. The minimum absolute atomic E-state index is 0.193. The quantitative estimate of drug-likeness (QED) is 0.669. The van der Waals surface area contributed by atoms with Crippen molar-refractivity contribution in [3.8, 4) is 0 Å². The Morgan fingerprint density at radius 3 is 2.12 bits per heavy atom. The number of hydrogen-bond acceptors (Lipinski definition) is 4. The van der Waals surface area contributed by atoms with Crippen molar-refractivity contribution in [2.45, 2.75) is 52.6 Å². The first-order valence-corrected chi connectivity index (χ1v) is 5.62. The van der Waals surface area contributed by atoms with Crippen molar-refractivity contribution in [3.05, 3.63) is 0 Å². The Labute approximate surface area is 97.0 Å². The van der Waals surface area contributed by atoms with Crippen LogP contribution in [-0.4, -0.2) is 29.7 Å². The monoisotopic (exact) mass is 233 g/mol. The average Bonchev–Trinajstić information content (AvgIpc) is 2.26. The first kappa shape index (κ1) is 17.3. The SMILES string of the molecule is CCCCC(N)=O.CCOC(=O)C(O)CC. The maximum atomic E-state index is 10.5. The molecule has 0 aromatic heterocycles. The van der Waals surface area contributed by atoms with Crippen LogP contribution >= 0.6 is 0 Å². The highest BCUT2D eigenvalue weighted by Gasteiger charge is 2.11. The molecule has 1 atom stereocenters. The lowest BCUT2D eigenvalue weighted by atomic mass is 10.2. The number of aliphatic hydroxyl groups excluding tert-OH is 1. The number of primary amides is 1. The van der Waals surface area contributed by atoms with Crippen LogP contribution < -0.4 is 5.73 Å². The van der Waals surface area contributed by atoms with Crippen LogP contribution in [0.1, 0.15) is 46.5 Å². The van der Waals surface area contributed by atoms with Gasteiger partial charge in [-0.25, -0.2) is 4.79 Å². The molecule has 0 aliphatic heterocycles. The van der Waals surface area contributed by atoms with E-state index in [2.05, 4.69) is 4.74 Å². The standard InChI is InChI=1S/C6H12O3.C5H11NO/c1-3-5(7)6(8)9-4-2;1-2-3-4-5(6)7/h5,7H,3-4H2,1-2H3;2-4H2,1H3,(H2,6,7). The summed E-state index contributed by atoms with van der Waals surface area (Å²) in [5, 5.41) is 8.78. The number of rotatable bonds is 6. The highest BCUT2D eigenvalue weighted by molar-refractivity contribution is 5.74. The van der Waals surface area contributed by atoms with Gasteiger partial charge in [-0.2, -0.15) is 0 Å². The van der Waals surface area contributed by atoms with Gasteiger partial charge in [0.05, 0.1) is 6.61 Å². The molecule has 0 bridgehead atoms. The van der Waals surface area contributed by atoms with Gasteiger partial charge in [-0.05, 0) is 19.8 Å². The number of unbranched alkanes of at least 4 members (excludes halogenated alkanes) is 1. The van der Waals surface area contributed by atoms with Gasteiger partial charge in [0, 0.05) is 6.42 Å². The van der Waals surface area contributed by atoms with Gasteiger partial charge in [0.15, 0.2) is 6.10 Å². The van der Waals surface area contributed by atoms with Gasteiger partial charge >= 0.3 is 5.97 Å². The van der Waals surface area contributed by atoms with Gasteiger partial charge in [0.2, 0.25) is 5.91 Å². The predicted octanol–water partition coefficient (Wildman–Crippen LogP) is 0.982. The van der Waals surface area contributed by atoms with E-state index < -0.39 is 12.1 Å². The lowest BCUT2D eigenvalue weighted by Gasteiger charge is -2.04. The molecule has 1 amide bonds. The van der Waals surface area contributed by atoms with E-state index in [1.165, 1.54) is 0 Å². The Balaban J connectivity index is 0. The highest BCUT2D eigenvalue weighted by Crippen LogP contribution is 1.92. The minimum atomic E-state index is -0.940. The fraction of sp³-hybridized carbons (Fsp3) is 0.818. The third kappa shape index (κ3) is 12.9. The van der Waals surface area contributed by atoms with Gasteiger partial charge < -0.3 is 15.6 Å². The summed E-state index contributed by atoms with van der Waals surface area (Å²) in [4.78, 5) is 20.5. The second kappa shape index (κ2) is 12.0. The van der Waals surface area contributed by atoms with E-state index >= 15 is 0 Å². The zero-order valence-electron chi connectivity index (χ0n) is 10.4. The van der Waals surface area contributed by atoms with Crippen molar-refractivity contribution >= 4 is 11.9 Å². The number of nitrogens with two attached hydrogens (primary N) is 1. The smallest absolute Gasteiger partial charge is 0.334 e. The molecule has 5 heteroatoms. The highest BCUT2D eigenvalue weighted by atomic mass is 16.5. The Hall–Kier alpha value is -1.10. The summed E-state index contributed by atoms with van der Waals surface area (Å²) >= 11 is 0. The number of esters is 1. The molecule has 1 unspecified atom stereocenters. The van der Waals surface area contributed by atoms with Gasteiger partial charge in [-0.1, -0.05) is 20.3 Å². The van der Waals surface area contributed by atoms with Crippen molar-refractivity contribution in [3.63, 3.8) is 0 Å². The molecule has 0 aliphatic carbocycles. The lowest BCUT2D eigenvalue weighted by Crippen LogP contribution is -2.21. The van der Waals surface area contributed by atoms with E-state index in [4.69, 9.17) is 10.8 Å². The van der Waals surface area contributed by atoms with E-state index in [0.29, 0.717) is 19.4 Å². The Morgan fingerprint density at radius 2 is 1.88 bits per heavy atom. The first-order chi connectivity index (χ1) is 7.49. The summed E-state index contributed by atoms with van der Waals surface area (Å²) in [6, 6.07) is 0. The first-order valence-electron chi connectivity index (χ1n) is 5.62. The lowest BCUT2D eigenvalue weighted by molar-refractivity contribution is -0.153. The molecule has 0 fully saturated rings. The van der Waals surface area contributed by atoms with E-state index in [-0.39, 0.29) is 5.91 Å². The largest absolute Gasteiger partial charge is 0.464 e. The molecule has 0 saturated carbocycles. The van der Waals surface area contributed by atoms with Gasteiger partial charge in [-0.15, -0.1) is 0 Å². The molecule has 96 valence electrons. The number of carbonyl (C=O) groups is 2. The van der Waals surface area contributed by atoms with Crippen molar-refractivity contribution in [2.24, 2.45) is 5.73 Å². The van der Waals surface area contributed by atoms with Gasteiger partial charge in [-0.3, -0.25) is 4.79 Å². The average molecular weight is 233 g/mol. The van der Waals surface area contributed by atoms with Crippen LogP contribution in [0.2, 0.25) is 0 Å². The van der Waals surface area contributed by atoms with Crippen molar-refractivity contribution < 1.29 is 19.4 Å². The number of hydrogen-bond donors (Lipinski definition) is 2. The Bertz CT molecular complexity index is 194.